The molecule has 0 aliphatic rings. The van der Waals surface area contributed by atoms with Gasteiger partial charge in [0.2, 0.25) is 0 Å². The minimum Gasteiger partial charge on any atom is -0.497 e. The van der Waals surface area contributed by atoms with Gasteiger partial charge in [-0.05, 0) is 31.7 Å². The number of benzene rings is 1. The summed E-state index contributed by atoms with van der Waals surface area (Å²) in [6.45, 7) is 6.12. The first-order valence-electron chi connectivity index (χ1n) is 7.29. The molecule has 1 heterocycles. The van der Waals surface area contributed by atoms with Gasteiger partial charge in [0.25, 0.3) is 5.56 Å². The van der Waals surface area contributed by atoms with Crippen molar-refractivity contribution in [3.05, 3.63) is 52.3 Å². The number of nitrogens with zero attached hydrogens (tertiary/aromatic N) is 1. The monoisotopic (exact) mass is 286 g/mol. The van der Waals surface area contributed by atoms with Gasteiger partial charge in [0.15, 0.2) is 0 Å². The lowest BCUT2D eigenvalue weighted by Gasteiger charge is -2.14. The zero-order valence-corrected chi connectivity index (χ0v) is 12.8. The summed E-state index contributed by atoms with van der Waals surface area (Å²) < 4.78 is 7.07. The summed E-state index contributed by atoms with van der Waals surface area (Å²) in [6.07, 6.45) is 0. The molecule has 2 rings (SSSR count). The fourth-order valence-electron chi connectivity index (χ4n) is 2.37. The molecule has 0 bridgehead atoms. The highest BCUT2D eigenvalue weighted by Crippen LogP contribution is 2.23. The second-order valence-corrected chi connectivity index (χ2v) is 4.81. The summed E-state index contributed by atoms with van der Waals surface area (Å²) in [5.74, 6) is 0.791. The van der Waals surface area contributed by atoms with Gasteiger partial charge in [-0.3, -0.25) is 4.79 Å². The van der Waals surface area contributed by atoms with Crippen LogP contribution in [-0.4, -0.2) is 18.2 Å². The number of hydrogen-bond acceptors (Lipinski definition) is 3. The second-order valence-electron chi connectivity index (χ2n) is 4.81. The predicted molar refractivity (Wildman–Crippen MR) is 85.7 cm³/mol. The average molecular weight is 286 g/mol. The van der Waals surface area contributed by atoms with Crippen molar-refractivity contribution in [3.8, 4) is 17.0 Å². The maximum atomic E-state index is 12.5. The van der Waals surface area contributed by atoms with Crippen molar-refractivity contribution in [3.63, 3.8) is 0 Å². The smallest absolute Gasteiger partial charge is 0.255 e. The summed E-state index contributed by atoms with van der Waals surface area (Å²) in [7, 11) is 1.64. The van der Waals surface area contributed by atoms with Crippen LogP contribution < -0.4 is 15.6 Å². The lowest BCUT2D eigenvalue weighted by Crippen LogP contribution is -2.27. The number of pyridine rings is 1. The molecule has 0 fully saturated rings. The van der Waals surface area contributed by atoms with Gasteiger partial charge in [-0.25, -0.2) is 0 Å². The van der Waals surface area contributed by atoms with E-state index in [4.69, 9.17) is 4.74 Å². The van der Waals surface area contributed by atoms with Crippen LogP contribution in [0.1, 0.15) is 19.4 Å². The molecule has 0 spiro atoms. The average Bonchev–Trinajstić information content (AvgIpc) is 2.53. The molecule has 0 radical (unpaired) electrons. The standard InChI is InChI=1S/C17H22N2O2/c1-4-18-12-14-9-10-16(19(5-2)17(14)20)13-7-6-8-15(11-13)21-3/h6-11,18H,4-5,12H2,1-3H3. The van der Waals surface area contributed by atoms with Crippen LogP contribution >= 0.6 is 0 Å². The summed E-state index contributed by atoms with van der Waals surface area (Å²) in [5, 5.41) is 3.20. The lowest BCUT2D eigenvalue weighted by molar-refractivity contribution is 0.415. The normalized spacial score (nSPS) is 10.6. The Bertz CT molecular complexity index is 662. The summed E-state index contributed by atoms with van der Waals surface area (Å²) in [6, 6.07) is 11.7. The van der Waals surface area contributed by atoms with Crippen molar-refractivity contribution < 1.29 is 4.74 Å². The molecule has 0 amide bonds. The van der Waals surface area contributed by atoms with Gasteiger partial charge < -0.3 is 14.6 Å². The maximum Gasteiger partial charge on any atom is 0.255 e. The zero-order chi connectivity index (χ0) is 15.2. The molecule has 112 valence electrons. The summed E-state index contributed by atoms with van der Waals surface area (Å²) >= 11 is 0. The van der Waals surface area contributed by atoms with Gasteiger partial charge in [0.1, 0.15) is 5.75 Å². The Morgan fingerprint density at radius 1 is 1.19 bits per heavy atom. The molecule has 0 saturated heterocycles. The van der Waals surface area contributed by atoms with Crippen LogP contribution in [0.5, 0.6) is 5.75 Å². The molecule has 0 atom stereocenters. The van der Waals surface area contributed by atoms with Gasteiger partial charge in [-0.1, -0.05) is 25.1 Å². The van der Waals surface area contributed by atoms with Crippen molar-refractivity contribution in [1.82, 2.24) is 9.88 Å². The third kappa shape index (κ3) is 3.34. The first-order valence-corrected chi connectivity index (χ1v) is 7.29. The fraction of sp³-hybridized carbons (Fsp3) is 0.353. The van der Waals surface area contributed by atoms with Crippen molar-refractivity contribution in [1.29, 1.82) is 0 Å². The van der Waals surface area contributed by atoms with E-state index in [-0.39, 0.29) is 5.56 Å². The minimum absolute atomic E-state index is 0.0683. The molecule has 2 aromatic rings. The van der Waals surface area contributed by atoms with Crippen LogP contribution in [0.15, 0.2) is 41.2 Å². The first-order chi connectivity index (χ1) is 10.2. The second kappa shape index (κ2) is 7.09. The Morgan fingerprint density at radius 3 is 2.67 bits per heavy atom. The van der Waals surface area contributed by atoms with E-state index in [1.807, 2.05) is 50.2 Å². The highest BCUT2D eigenvalue weighted by atomic mass is 16.5. The summed E-state index contributed by atoms with van der Waals surface area (Å²) in [5.41, 5.74) is 2.77. The predicted octanol–water partition coefficient (Wildman–Crippen LogP) is 2.65. The Labute approximate surface area is 125 Å². The van der Waals surface area contributed by atoms with Crippen LogP contribution in [0.25, 0.3) is 11.3 Å². The van der Waals surface area contributed by atoms with Gasteiger partial charge in [0.05, 0.1) is 12.8 Å². The number of nitrogens with one attached hydrogen (secondary N) is 1. The van der Waals surface area contributed by atoms with Crippen LogP contribution in [-0.2, 0) is 13.1 Å². The van der Waals surface area contributed by atoms with E-state index < -0.39 is 0 Å². The number of methoxy groups -OCH3 is 1. The fourth-order valence-corrected chi connectivity index (χ4v) is 2.37. The number of ether oxygens (including phenoxy) is 1. The SMILES string of the molecule is CCNCc1ccc(-c2cccc(OC)c2)n(CC)c1=O. The van der Waals surface area contributed by atoms with Crippen LogP contribution in [0.3, 0.4) is 0 Å². The molecule has 0 unspecified atom stereocenters. The Morgan fingerprint density at radius 2 is 2.00 bits per heavy atom. The summed E-state index contributed by atoms with van der Waals surface area (Å²) in [4.78, 5) is 12.5. The van der Waals surface area contributed by atoms with E-state index in [1.165, 1.54) is 0 Å². The topological polar surface area (TPSA) is 43.3 Å². The van der Waals surface area contributed by atoms with E-state index in [2.05, 4.69) is 5.32 Å². The third-order valence-corrected chi connectivity index (χ3v) is 3.50. The van der Waals surface area contributed by atoms with Gasteiger partial charge in [-0.2, -0.15) is 0 Å². The van der Waals surface area contributed by atoms with Gasteiger partial charge in [0, 0.05) is 24.2 Å². The highest BCUT2D eigenvalue weighted by molar-refractivity contribution is 5.62. The molecule has 0 saturated carbocycles. The molecule has 1 aromatic carbocycles. The van der Waals surface area contributed by atoms with Gasteiger partial charge >= 0.3 is 0 Å². The maximum absolute atomic E-state index is 12.5. The van der Waals surface area contributed by atoms with Crippen LogP contribution in [0.2, 0.25) is 0 Å². The number of aromatic nitrogens is 1. The molecular weight excluding hydrogens is 264 g/mol. The van der Waals surface area contributed by atoms with E-state index in [0.29, 0.717) is 13.1 Å². The quantitative estimate of drug-likeness (QED) is 0.888. The van der Waals surface area contributed by atoms with E-state index >= 15 is 0 Å². The molecule has 1 N–H and O–H groups in total. The van der Waals surface area contributed by atoms with Crippen LogP contribution in [0.4, 0.5) is 0 Å². The molecule has 21 heavy (non-hydrogen) atoms. The number of hydrogen-bond donors (Lipinski definition) is 1. The minimum atomic E-state index is 0.0683. The highest BCUT2D eigenvalue weighted by Gasteiger charge is 2.09. The lowest BCUT2D eigenvalue weighted by atomic mass is 10.1. The van der Waals surface area contributed by atoms with E-state index in [0.717, 1.165) is 29.1 Å². The Hall–Kier alpha value is -2.07. The molecule has 4 heteroatoms. The molecule has 0 aliphatic heterocycles. The molecule has 4 nitrogen and oxygen atoms in total. The third-order valence-electron chi connectivity index (χ3n) is 3.50. The van der Waals surface area contributed by atoms with E-state index in [1.54, 1.807) is 11.7 Å². The zero-order valence-electron chi connectivity index (χ0n) is 12.8. The molecule has 0 aliphatic carbocycles. The van der Waals surface area contributed by atoms with Crippen molar-refractivity contribution in [2.45, 2.75) is 26.9 Å². The first kappa shape index (κ1) is 15.3. The van der Waals surface area contributed by atoms with Crippen molar-refractivity contribution >= 4 is 0 Å². The largest absolute Gasteiger partial charge is 0.497 e. The molecular formula is C17H22N2O2. The van der Waals surface area contributed by atoms with E-state index in [9.17, 15) is 4.79 Å². The van der Waals surface area contributed by atoms with Gasteiger partial charge in [-0.15, -0.1) is 0 Å². The van der Waals surface area contributed by atoms with Crippen molar-refractivity contribution in [2.24, 2.45) is 0 Å². The Balaban J connectivity index is 2.49. The van der Waals surface area contributed by atoms with Crippen molar-refractivity contribution in [2.75, 3.05) is 13.7 Å². The molecule has 1 aromatic heterocycles. The Kier molecular flexibility index (Phi) is 5.17. The van der Waals surface area contributed by atoms with Crippen LogP contribution in [0, 0.1) is 0 Å². The number of rotatable bonds is 6.